The van der Waals surface area contributed by atoms with Gasteiger partial charge in [-0.25, -0.2) is 0 Å². The first-order valence-corrected chi connectivity index (χ1v) is 4.54. The summed E-state index contributed by atoms with van der Waals surface area (Å²) in [5, 5.41) is 9.94. The first-order valence-electron chi connectivity index (χ1n) is 4.54. The summed E-state index contributed by atoms with van der Waals surface area (Å²) in [7, 11) is 0. The molecule has 0 bridgehead atoms. The van der Waals surface area contributed by atoms with E-state index in [1.54, 1.807) is 0 Å². The molecule has 1 atom stereocenters. The molecule has 0 saturated heterocycles. The maximum absolute atomic E-state index is 9.94. The highest BCUT2D eigenvalue weighted by atomic mass is 16.3. The lowest BCUT2D eigenvalue weighted by Crippen LogP contribution is -2.29. The maximum Gasteiger partial charge on any atom is 0.0685 e. The highest BCUT2D eigenvalue weighted by molar-refractivity contribution is 5.07. The summed E-state index contributed by atoms with van der Waals surface area (Å²) in [6, 6.07) is 0. The lowest BCUT2D eigenvalue weighted by atomic mass is 9.83. The Bertz CT molecular complexity index is 160. The van der Waals surface area contributed by atoms with Gasteiger partial charge in [0, 0.05) is 0 Å². The van der Waals surface area contributed by atoms with Gasteiger partial charge in [0.15, 0.2) is 0 Å². The zero-order chi connectivity index (χ0) is 8.32. The van der Waals surface area contributed by atoms with Crippen molar-refractivity contribution >= 4 is 0 Å². The van der Waals surface area contributed by atoms with Crippen LogP contribution in [0.1, 0.15) is 46.0 Å². The van der Waals surface area contributed by atoms with Crippen molar-refractivity contribution in [2.75, 3.05) is 0 Å². The second-order valence-corrected chi connectivity index (χ2v) is 3.73. The summed E-state index contributed by atoms with van der Waals surface area (Å²) < 4.78 is 0. The molecule has 0 heterocycles. The van der Waals surface area contributed by atoms with Gasteiger partial charge in [-0.1, -0.05) is 25.0 Å². The third-order valence-corrected chi connectivity index (χ3v) is 2.53. The molecular formula is C10H18O. The van der Waals surface area contributed by atoms with Crippen LogP contribution in [0, 0.1) is 0 Å². The summed E-state index contributed by atoms with van der Waals surface area (Å²) in [4.78, 5) is 0. The molecule has 1 heteroatoms. The Hall–Kier alpha value is -0.300. The van der Waals surface area contributed by atoms with Crippen LogP contribution in [-0.2, 0) is 0 Å². The minimum Gasteiger partial charge on any atom is -0.390 e. The van der Waals surface area contributed by atoms with Crippen molar-refractivity contribution in [1.29, 1.82) is 0 Å². The molecule has 11 heavy (non-hydrogen) atoms. The van der Waals surface area contributed by atoms with Crippen molar-refractivity contribution in [1.82, 2.24) is 0 Å². The zero-order valence-corrected chi connectivity index (χ0v) is 7.56. The standard InChI is InChI=1S/C10H18O/c1-3-6-10(11)7-4-9(2)5-8-10/h4,11H,3,5-8H2,1-2H3/t10-/m0/s1. The fourth-order valence-corrected chi connectivity index (χ4v) is 1.69. The maximum atomic E-state index is 9.94. The lowest BCUT2D eigenvalue weighted by Gasteiger charge is -2.30. The van der Waals surface area contributed by atoms with Crippen LogP contribution in [-0.4, -0.2) is 10.7 Å². The summed E-state index contributed by atoms with van der Waals surface area (Å²) in [5.74, 6) is 0. The van der Waals surface area contributed by atoms with E-state index in [4.69, 9.17) is 0 Å². The monoisotopic (exact) mass is 154 g/mol. The Labute approximate surface area is 69.1 Å². The minimum atomic E-state index is -0.367. The third kappa shape index (κ3) is 2.33. The first kappa shape index (κ1) is 8.79. The van der Waals surface area contributed by atoms with Gasteiger partial charge in [0.25, 0.3) is 0 Å². The molecule has 0 aromatic heterocycles. The summed E-state index contributed by atoms with van der Waals surface area (Å²) in [5.41, 5.74) is 1.07. The summed E-state index contributed by atoms with van der Waals surface area (Å²) >= 11 is 0. The predicted molar refractivity (Wildman–Crippen MR) is 47.5 cm³/mol. The smallest absolute Gasteiger partial charge is 0.0685 e. The molecular weight excluding hydrogens is 136 g/mol. The zero-order valence-electron chi connectivity index (χ0n) is 7.56. The van der Waals surface area contributed by atoms with E-state index in [1.807, 2.05) is 0 Å². The quantitative estimate of drug-likeness (QED) is 0.606. The Morgan fingerprint density at radius 2 is 2.36 bits per heavy atom. The average Bonchev–Trinajstić information content (AvgIpc) is 1.97. The van der Waals surface area contributed by atoms with E-state index in [0.717, 1.165) is 32.1 Å². The van der Waals surface area contributed by atoms with Crippen molar-refractivity contribution in [3.63, 3.8) is 0 Å². The molecule has 0 saturated carbocycles. The van der Waals surface area contributed by atoms with E-state index < -0.39 is 0 Å². The fraction of sp³-hybridized carbons (Fsp3) is 0.800. The molecule has 0 radical (unpaired) electrons. The van der Waals surface area contributed by atoms with Crippen molar-refractivity contribution in [3.8, 4) is 0 Å². The van der Waals surface area contributed by atoms with Crippen LogP contribution >= 0.6 is 0 Å². The van der Waals surface area contributed by atoms with Gasteiger partial charge in [-0.15, -0.1) is 0 Å². The van der Waals surface area contributed by atoms with Gasteiger partial charge >= 0.3 is 0 Å². The summed E-state index contributed by atoms with van der Waals surface area (Å²) in [6.07, 6.45) is 7.13. The highest BCUT2D eigenvalue weighted by Crippen LogP contribution is 2.30. The molecule has 0 amide bonds. The molecule has 0 unspecified atom stereocenters. The molecule has 0 aliphatic heterocycles. The number of allylic oxidation sites excluding steroid dienone is 1. The second kappa shape index (κ2) is 3.40. The van der Waals surface area contributed by atoms with Gasteiger partial charge < -0.3 is 5.11 Å². The molecule has 1 aliphatic carbocycles. The average molecular weight is 154 g/mol. The first-order chi connectivity index (χ1) is 5.16. The predicted octanol–water partition coefficient (Wildman–Crippen LogP) is 2.65. The van der Waals surface area contributed by atoms with Gasteiger partial charge in [-0.3, -0.25) is 0 Å². The number of rotatable bonds is 2. The molecule has 1 N–H and O–H groups in total. The van der Waals surface area contributed by atoms with Gasteiger partial charge in [0.2, 0.25) is 0 Å². The second-order valence-electron chi connectivity index (χ2n) is 3.73. The van der Waals surface area contributed by atoms with E-state index in [9.17, 15) is 5.11 Å². The van der Waals surface area contributed by atoms with Crippen molar-refractivity contribution in [3.05, 3.63) is 11.6 Å². The normalized spacial score (nSPS) is 31.7. The molecule has 0 fully saturated rings. The molecule has 1 nitrogen and oxygen atoms in total. The lowest BCUT2D eigenvalue weighted by molar-refractivity contribution is 0.0207. The Morgan fingerprint density at radius 3 is 2.82 bits per heavy atom. The van der Waals surface area contributed by atoms with Crippen LogP contribution in [0.3, 0.4) is 0 Å². The number of aliphatic hydroxyl groups is 1. The van der Waals surface area contributed by atoms with E-state index in [1.165, 1.54) is 5.57 Å². The highest BCUT2D eigenvalue weighted by Gasteiger charge is 2.26. The van der Waals surface area contributed by atoms with Crippen molar-refractivity contribution in [2.45, 2.75) is 51.6 Å². The van der Waals surface area contributed by atoms with E-state index in [0.29, 0.717) is 0 Å². The largest absolute Gasteiger partial charge is 0.390 e. The van der Waals surface area contributed by atoms with Crippen LogP contribution < -0.4 is 0 Å². The van der Waals surface area contributed by atoms with E-state index in [-0.39, 0.29) is 5.60 Å². The molecule has 0 spiro atoms. The SMILES string of the molecule is CCC[C@]1(O)CC=C(C)CC1. The van der Waals surface area contributed by atoms with Crippen LogP contribution in [0.4, 0.5) is 0 Å². The van der Waals surface area contributed by atoms with Gasteiger partial charge in [0.1, 0.15) is 0 Å². The van der Waals surface area contributed by atoms with E-state index >= 15 is 0 Å². The van der Waals surface area contributed by atoms with Crippen LogP contribution in [0.15, 0.2) is 11.6 Å². The van der Waals surface area contributed by atoms with Gasteiger partial charge in [0.05, 0.1) is 5.60 Å². The Kier molecular flexibility index (Phi) is 2.72. The fourth-order valence-electron chi connectivity index (χ4n) is 1.69. The number of hydrogen-bond acceptors (Lipinski definition) is 1. The van der Waals surface area contributed by atoms with Gasteiger partial charge in [-0.2, -0.15) is 0 Å². The van der Waals surface area contributed by atoms with Crippen molar-refractivity contribution in [2.24, 2.45) is 0 Å². The molecule has 1 aliphatic rings. The topological polar surface area (TPSA) is 20.2 Å². The van der Waals surface area contributed by atoms with Crippen LogP contribution in [0.25, 0.3) is 0 Å². The van der Waals surface area contributed by atoms with Crippen LogP contribution in [0.2, 0.25) is 0 Å². The Morgan fingerprint density at radius 1 is 1.64 bits per heavy atom. The third-order valence-electron chi connectivity index (χ3n) is 2.53. The minimum absolute atomic E-state index is 0.367. The molecule has 64 valence electrons. The number of hydrogen-bond donors (Lipinski definition) is 1. The molecule has 0 aromatic rings. The van der Waals surface area contributed by atoms with Crippen molar-refractivity contribution < 1.29 is 5.11 Å². The summed E-state index contributed by atoms with van der Waals surface area (Å²) in [6.45, 7) is 4.27. The molecule has 0 aromatic carbocycles. The molecule has 1 rings (SSSR count). The van der Waals surface area contributed by atoms with E-state index in [2.05, 4.69) is 19.9 Å². The van der Waals surface area contributed by atoms with Crippen LogP contribution in [0.5, 0.6) is 0 Å². The van der Waals surface area contributed by atoms with Gasteiger partial charge in [-0.05, 0) is 32.6 Å². The Balaban J connectivity index is 2.49.